The summed E-state index contributed by atoms with van der Waals surface area (Å²) in [5.74, 6) is -3.95. The van der Waals surface area contributed by atoms with Crippen molar-refractivity contribution >= 4 is 23.8 Å². The molecule has 0 bridgehead atoms. The van der Waals surface area contributed by atoms with E-state index < -0.39 is 41.9 Å². The molecule has 158 valence electrons. The number of nitrogens with zero attached hydrogens (tertiary/aromatic N) is 1. The molecule has 9 heteroatoms. The first kappa shape index (κ1) is 22.4. The van der Waals surface area contributed by atoms with Gasteiger partial charge in [0.05, 0.1) is 6.04 Å². The van der Waals surface area contributed by atoms with Gasteiger partial charge in [-0.1, -0.05) is 30.3 Å². The average Bonchev–Trinajstić information content (AvgIpc) is 3.17. The first-order chi connectivity index (χ1) is 13.8. The van der Waals surface area contributed by atoms with Crippen molar-refractivity contribution in [2.45, 2.75) is 56.7 Å². The minimum atomic E-state index is -1.15. The van der Waals surface area contributed by atoms with Gasteiger partial charge in [-0.15, -0.1) is 0 Å². The lowest BCUT2D eigenvalue weighted by Crippen LogP contribution is -2.54. The third-order valence-electron chi connectivity index (χ3n) is 5.03. The number of rotatable bonds is 11. The fraction of sp³-hybridized carbons (Fsp3) is 0.500. The number of hydrogen-bond donors (Lipinski definition) is 4. The number of nitrogens with one attached hydrogen (secondary N) is 1. The van der Waals surface area contributed by atoms with Crippen LogP contribution in [0.4, 0.5) is 0 Å². The Labute approximate surface area is 168 Å². The first-order valence-electron chi connectivity index (χ1n) is 9.57. The Kier molecular flexibility index (Phi) is 8.14. The van der Waals surface area contributed by atoms with E-state index in [0.717, 1.165) is 5.56 Å². The van der Waals surface area contributed by atoms with E-state index >= 15 is 0 Å². The van der Waals surface area contributed by atoms with E-state index in [9.17, 15) is 29.4 Å². The standard InChI is InChI=1S/C20H26N2O7/c23-17(24)11-10-14(18(25)22-12-4-7-16(22)20(28)29)21-15(19(26)27)9-8-13-5-2-1-3-6-13/h1-3,5-6,14-16,21H,4,7-12H2,(H,23,24)(H,26,27)(H,28,29)/t14-,15-,16-/m0/s1. The Hall–Kier alpha value is -2.94. The van der Waals surface area contributed by atoms with Crippen LogP contribution in [0.3, 0.4) is 0 Å². The van der Waals surface area contributed by atoms with E-state index in [0.29, 0.717) is 19.3 Å². The monoisotopic (exact) mass is 406 g/mol. The topological polar surface area (TPSA) is 144 Å². The quantitative estimate of drug-likeness (QED) is 0.425. The van der Waals surface area contributed by atoms with Crippen LogP contribution in [0.1, 0.15) is 37.7 Å². The Morgan fingerprint density at radius 1 is 1.03 bits per heavy atom. The van der Waals surface area contributed by atoms with Crippen LogP contribution in [0.2, 0.25) is 0 Å². The van der Waals surface area contributed by atoms with Crippen molar-refractivity contribution in [3.8, 4) is 0 Å². The molecule has 9 nitrogen and oxygen atoms in total. The number of aryl methyl sites for hydroxylation is 1. The molecule has 4 N–H and O–H groups in total. The highest BCUT2D eigenvalue weighted by Crippen LogP contribution is 2.20. The average molecular weight is 406 g/mol. The van der Waals surface area contributed by atoms with E-state index in [1.54, 1.807) is 0 Å². The van der Waals surface area contributed by atoms with Gasteiger partial charge < -0.3 is 20.2 Å². The van der Waals surface area contributed by atoms with Crippen LogP contribution >= 0.6 is 0 Å². The zero-order chi connectivity index (χ0) is 21.4. The summed E-state index contributed by atoms with van der Waals surface area (Å²) in [6.07, 6.45) is 1.07. The molecule has 1 aliphatic heterocycles. The maximum Gasteiger partial charge on any atom is 0.326 e. The van der Waals surface area contributed by atoms with Gasteiger partial charge in [0, 0.05) is 13.0 Å². The van der Waals surface area contributed by atoms with Crippen molar-refractivity contribution in [3.63, 3.8) is 0 Å². The van der Waals surface area contributed by atoms with E-state index in [-0.39, 0.29) is 25.8 Å². The number of carbonyl (C=O) groups is 4. The minimum absolute atomic E-state index is 0.119. The van der Waals surface area contributed by atoms with Gasteiger partial charge in [-0.25, -0.2) is 4.79 Å². The molecule has 3 atom stereocenters. The van der Waals surface area contributed by atoms with E-state index in [1.165, 1.54) is 4.90 Å². The molecule has 29 heavy (non-hydrogen) atoms. The smallest absolute Gasteiger partial charge is 0.326 e. The number of carbonyl (C=O) groups excluding carboxylic acids is 1. The van der Waals surface area contributed by atoms with Crippen LogP contribution < -0.4 is 5.32 Å². The summed E-state index contributed by atoms with van der Waals surface area (Å²) in [6.45, 7) is 0.253. The van der Waals surface area contributed by atoms with Gasteiger partial charge >= 0.3 is 17.9 Å². The lowest BCUT2D eigenvalue weighted by atomic mass is 10.0. The molecule has 1 fully saturated rings. The van der Waals surface area contributed by atoms with Gasteiger partial charge in [0.2, 0.25) is 5.91 Å². The van der Waals surface area contributed by atoms with E-state index in [1.807, 2.05) is 30.3 Å². The second kappa shape index (κ2) is 10.6. The molecule has 0 unspecified atom stereocenters. The second-order valence-electron chi connectivity index (χ2n) is 7.09. The molecule has 0 aliphatic carbocycles. The molecule has 0 radical (unpaired) electrons. The molecule has 2 rings (SSSR count). The molecule has 1 heterocycles. The van der Waals surface area contributed by atoms with Crippen molar-refractivity contribution in [2.75, 3.05) is 6.54 Å². The summed E-state index contributed by atoms with van der Waals surface area (Å²) in [5, 5.41) is 30.6. The van der Waals surface area contributed by atoms with Crippen LogP contribution in [0.15, 0.2) is 30.3 Å². The fourth-order valence-corrected chi connectivity index (χ4v) is 3.51. The minimum Gasteiger partial charge on any atom is -0.481 e. The lowest BCUT2D eigenvalue weighted by Gasteiger charge is -2.29. The summed E-state index contributed by atoms with van der Waals surface area (Å²) < 4.78 is 0. The van der Waals surface area contributed by atoms with E-state index in [4.69, 9.17) is 5.11 Å². The van der Waals surface area contributed by atoms with Crippen LogP contribution in [-0.4, -0.2) is 68.7 Å². The number of hydrogen-bond acceptors (Lipinski definition) is 5. The SMILES string of the molecule is O=C(O)CC[C@H](N[C@@H](CCc1ccccc1)C(=O)O)C(=O)N1CCC[C@H]1C(=O)O. The highest BCUT2D eigenvalue weighted by Gasteiger charge is 2.38. The van der Waals surface area contributed by atoms with Crippen molar-refractivity contribution in [2.24, 2.45) is 0 Å². The molecule has 0 spiro atoms. The fourth-order valence-electron chi connectivity index (χ4n) is 3.51. The number of carboxylic acids is 3. The number of aliphatic carboxylic acids is 3. The van der Waals surface area contributed by atoms with Gasteiger partial charge in [-0.2, -0.15) is 0 Å². The Bertz CT molecular complexity index is 738. The maximum atomic E-state index is 12.9. The molecule has 1 aromatic rings. The van der Waals surface area contributed by atoms with Gasteiger partial charge in [0.1, 0.15) is 12.1 Å². The van der Waals surface area contributed by atoms with Crippen LogP contribution in [0.25, 0.3) is 0 Å². The number of likely N-dealkylation sites (tertiary alicyclic amines) is 1. The van der Waals surface area contributed by atoms with E-state index in [2.05, 4.69) is 5.32 Å². The molecule has 0 saturated carbocycles. The lowest BCUT2D eigenvalue weighted by molar-refractivity contribution is -0.150. The van der Waals surface area contributed by atoms with Crippen molar-refractivity contribution in [1.82, 2.24) is 10.2 Å². The van der Waals surface area contributed by atoms with Crippen molar-refractivity contribution in [1.29, 1.82) is 0 Å². The third-order valence-corrected chi connectivity index (χ3v) is 5.03. The first-order valence-corrected chi connectivity index (χ1v) is 9.57. The Morgan fingerprint density at radius 2 is 1.72 bits per heavy atom. The molecular formula is C20H26N2O7. The predicted octanol–water partition coefficient (Wildman–Crippen LogP) is 0.971. The summed E-state index contributed by atoms with van der Waals surface area (Å²) in [4.78, 5) is 48.2. The Morgan fingerprint density at radius 3 is 2.31 bits per heavy atom. The second-order valence-corrected chi connectivity index (χ2v) is 7.09. The van der Waals surface area contributed by atoms with Gasteiger partial charge in [0.15, 0.2) is 0 Å². The zero-order valence-corrected chi connectivity index (χ0v) is 16.0. The van der Waals surface area contributed by atoms with Gasteiger partial charge in [-0.05, 0) is 37.7 Å². The predicted molar refractivity (Wildman–Crippen MR) is 102 cm³/mol. The summed E-state index contributed by atoms with van der Waals surface area (Å²) in [6, 6.07) is 6.16. The molecule has 1 aliphatic rings. The largest absolute Gasteiger partial charge is 0.481 e. The molecule has 0 aromatic heterocycles. The summed E-state index contributed by atoms with van der Waals surface area (Å²) in [7, 11) is 0. The zero-order valence-electron chi connectivity index (χ0n) is 16.0. The van der Waals surface area contributed by atoms with Crippen molar-refractivity contribution in [3.05, 3.63) is 35.9 Å². The molecule has 1 aromatic carbocycles. The number of benzene rings is 1. The number of amides is 1. The molecular weight excluding hydrogens is 380 g/mol. The normalized spacial score (nSPS) is 18.2. The van der Waals surface area contributed by atoms with Gasteiger partial charge in [-0.3, -0.25) is 19.7 Å². The third kappa shape index (κ3) is 6.56. The summed E-state index contributed by atoms with van der Waals surface area (Å²) >= 11 is 0. The highest BCUT2D eigenvalue weighted by atomic mass is 16.4. The van der Waals surface area contributed by atoms with Gasteiger partial charge in [0.25, 0.3) is 0 Å². The van der Waals surface area contributed by atoms with Crippen molar-refractivity contribution < 1.29 is 34.5 Å². The summed E-state index contributed by atoms with van der Waals surface area (Å²) in [5.41, 5.74) is 0.944. The maximum absolute atomic E-state index is 12.9. The Balaban J connectivity index is 2.11. The highest BCUT2D eigenvalue weighted by molar-refractivity contribution is 5.88. The van der Waals surface area contributed by atoms with Crippen LogP contribution in [0, 0.1) is 0 Å². The van der Waals surface area contributed by atoms with Crippen LogP contribution in [0.5, 0.6) is 0 Å². The van der Waals surface area contributed by atoms with Crippen LogP contribution in [-0.2, 0) is 25.6 Å². The molecule has 1 amide bonds. The number of carboxylic acid groups (broad SMARTS) is 3. The molecule has 1 saturated heterocycles.